The largest absolute Gasteiger partial charge is 0.481 e. The van der Waals surface area contributed by atoms with E-state index in [1.165, 1.54) is 6.92 Å². The molecule has 34 heavy (non-hydrogen) atoms. The first kappa shape index (κ1) is 23.3. The van der Waals surface area contributed by atoms with Crippen LogP contribution >= 0.6 is 0 Å². The van der Waals surface area contributed by atoms with Gasteiger partial charge in [-0.15, -0.1) is 0 Å². The molecule has 7 heteroatoms. The zero-order valence-corrected chi connectivity index (χ0v) is 19.0. The van der Waals surface area contributed by atoms with E-state index in [2.05, 4.69) is 10.3 Å². The molecule has 3 aromatic carbocycles. The number of para-hydroxylation sites is 3. The highest BCUT2D eigenvalue weighted by Crippen LogP contribution is 2.27. The third kappa shape index (κ3) is 6.36. The summed E-state index contributed by atoms with van der Waals surface area (Å²) in [6.07, 6.45) is 0.255. The van der Waals surface area contributed by atoms with Gasteiger partial charge in [0.2, 0.25) is 5.89 Å². The maximum absolute atomic E-state index is 11.0. The Morgan fingerprint density at radius 2 is 1.74 bits per heavy atom. The maximum atomic E-state index is 11.0. The second kappa shape index (κ2) is 11.3. The number of ether oxygens (including phenoxy) is 2. The molecule has 0 bridgehead atoms. The number of carboxylic acids is 1. The highest BCUT2D eigenvalue weighted by molar-refractivity contribution is 5.72. The summed E-state index contributed by atoms with van der Waals surface area (Å²) in [4.78, 5) is 15.6. The van der Waals surface area contributed by atoms with Gasteiger partial charge < -0.3 is 24.3 Å². The molecule has 0 spiro atoms. The Labute approximate surface area is 198 Å². The summed E-state index contributed by atoms with van der Waals surface area (Å²) in [6.45, 7) is 2.98. The van der Waals surface area contributed by atoms with Gasteiger partial charge in [-0.05, 0) is 68.4 Å². The average Bonchev–Trinajstić information content (AvgIpc) is 3.28. The van der Waals surface area contributed by atoms with E-state index in [9.17, 15) is 4.79 Å². The van der Waals surface area contributed by atoms with E-state index in [1.54, 1.807) is 6.07 Å². The normalized spacial score (nSPS) is 12.9. The number of aromatic nitrogens is 1. The monoisotopic (exact) mass is 460 g/mol. The zero-order chi connectivity index (χ0) is 23.8. The molecule has 2 N–H and O–H groups in total. The molecule has 7 nitrogen and oxygen atoms in total. The van der Waals surface area contributed by atoms with Crippen molar-refractivity contribution in [2.45, 2.75) is 32.0 Å². The highest BCUT2D eigenvalue weighted by atomic mass is 16.5. The van der Waals surface area contributed by atoms with E-state index in [1.807, 2.05) is 72.8 Å². The number of oxazole rings is 1. The van der Waals surface area contributed by atoms with Gasteiger partial charge in [0, 0.05) is 6.42 Å². The minimum Gasteiger partial charge on any atom is -0.481 e. The van der Waals surface area contributed by atoms with E-state index in [0.29, 0.717) is 24.6 Å². The summed E-state index contributed by atoms with van der Waals surface area (Å²) in [6, 6.07) is 24.9. The van der Waals surface area contributed by atoms with Gasteiger partial charge in [-0.2, -0.15) is 0 Å². The van der Waals surface area contributed by atoms with Crippen molar-refractivity contribution in [2.75, 3.05) is 13.1 Å². The molecule has 0 saturated carbocycles. The van der Waals surface area contributed by atoms with Gasteiger partial charge in [0.1, 0.15) is 17.0 Å². The Morgan fingerprint density at radius 3 is 2.53 bits per heavy atom. The van der Waals surface area contributed by atoms with Crippen LogP contribution in [0.1, 0.15) is 30.9 Å². The Kier molecular flexibility index (Phi) is 7.78. The number of fused-ring (bicyclic) bond motifs is 1. The Morgan fingerprint density at radius 1 is 0.971 bits per heavy atom. The Bertz CT molecular complexity index is 1170. The second-order valence-electron chi connectivity index (χ2n) is 7.97. The molecular weight excluding hydrogens is 432 g/mol. The number of carboxylic acid groups (broad SMARTS) is 1. The highest BCUT2D eigenvalue weighted by Gasteiger charge is 2.20. The molecule has 0 radical (unpaired) electrons. The molecule has 0 aliphatic carbocycles. The van der Waals surface area contributed by atoms with Crippen LogP contribution in [0.4, 0.5) is 0 Å². The smallest absolute Gasteiger partial charge is 0.344 e. The third-order valence-corrected chi connectivity index (χ3v) is 5.34. The topological polar surface area (TPSA) is 93.8 Å². The molecular formula is C27H28N2O5. The Hall–Kier alpha value is -3.84. The third-order valence-electron chi connectivity index (χ3n) is 5.34. The van der Waals surface area contributed by atoms with Crippen molar-refractivity contribution in [2.24, 2.45) is 0 Å². The van der Waals surface area contributed by atoms with Crippen molar-refractivity contribution < 1.29 is 23.8 Å². The number of benzene rings is 3. The van der Waals surface area contributed by atoms with E-state index in [-0.39, 0.29) is 6.10 Å². The number of carbonyl (C=O) groups is 1. The van der Waals surface area contributed by atoms with Gasteiger partial charge in [-0.25, -0.2) is 9.78 Å². The minimum absolute atomic E-state index is 0.323. The predicted molar refractivity (Wildman–Crippen MR) is 129 cm³/mol. The van der Waals surface area contributed by atoms with Crippen molar-refractivity contribution in [1.82, 2.24) is 10.3 Å². The number of hydrogen-bond acceptors (Lipinski definition) is 6. The molecule has 0 aliphatic heterocycles. The molecule has 1 aromatic heterocycles. The summed E-state index contributed by atoms with van der Waals surface area (Å²) in [5, 5.41) is 12.5. The Balaban J connectivity index is 1.33. The van der Waals surface area contributed by atoms with Gasteiger partial charge in [0.05, 0.1) is 0 Å². The number of rotatable bonds is 12. The quantitative estimate of drug-likeness (QED) is 0.287. The van der Waals surface area contributed by atoms with Crippen LogP contribution in [0.25, 0.3) is 11.1 Å². The van der Waals surface area contributed by atoms with Crippen molar-refractivity contribution in [3.63, 3.8) is 0 Å². The molecule has 0 amide bonds. The van der Waals surface area contributed by atoms with Crippen LogP contribution in [0.5, 0.6) is 11.5 Å². The SMILES string of the molecule is CC(Oc1cccc(CCNCCC(Oc2ccccc2)c2nc3ccccc3o2)c1)C(=O)O. The lowest BCUT2D eigenvalue weighted by atomic mass is 10.1. The molecule has 1 heterocycles. The van der Waals surface area contributed by atoms with Crippen LogP contribution in [0.3, 0.4) is 0 Å². The predicted octanol–water partition coefficient (Wildman–Crippen LogP) is 5.02. The summed E-state index contributed by atoms with van der Waals surface area (Å²) < 4.78 is 17.6. The van der Waals surface area contributed by atoms with Crippen molar-refractivity contribution >= 4 is 17.1 Å². The molecule has 2 unspecified atom stereocenters. The van der Waals surface area contributed by atoms with Crippen LogP contribution < -0.4 is 14.8 Å². The van der Waals surface area contributed by atoms with Crippen LogP contribution in [0.2, 0.25) is 0 Å². The first-order chi connectivity index (χ1) is 16.6. The lowest BCUT2D eigenvalue weighted by Crippen LogP contribution is -2.23. The van der Waals surface area contributed by atoms with Gasteiger partial charge in [0.15, 0.2) is 17.8 Å². The van der Waals surface area contributed by atoms with Gasteiger partial charge in [-0.1, -0.05) is 42.5 Å². The summed E-state index contributed by atoms with van der Waals surface area (Å²) in [5.41, 5.74) is 2.62. The molecule has 0 fully saturated rings. The molecule has 0 aliphatic rings. The summed E-state index contributed by atoms with van der Waals surface area (Å²) in [7, 11) is 0. The first-order valence-electron chi connectivity index (χ1n) is 11.3. The van der Waals surface area contributed by atoms with E-state index in [4.69, 9.17) is 19.0 Å². The lowest BCUT2D eigenvalue weighted by molar-refractivity contribution is -0.144. The molecule has 4 rings (SSSR count). The average molecular weight is 461 g/mol. The van der Waals surface area contributed by atoms with Gasteiger partial charge >= 0.3 is 5.97 Å². The summed E-state index contributed by atoms with van der Waals surface area (Å²) >= 11 is 0. The van der Waals surface area contributed by atoms with E-state index >= 15 is 0 Å². The number of nitrogens with one attached hydrogen (secondary N) is 1. The van der Waals surface area contributed by atoms with E-state index < -0.39 is 12.1 Å². The second-order valence-corrected chi connectivity index (χ2v) is 7.97. The van der Waals surface area contributed by atoms with Crippen molar-refractivity contribution in [1.29, 1.82) is 0 Å². The molecule has 4 aromatic rings. The van der Waals surface area contributed by atoms with Crippen LogP contribution in [0, 0.1) is 0 Å². The fourth-order valence-electron chi connectivity index (χ4n) is 3.54. The first-order valence-corrected chi connectivity index (χ1v) is 11.3. The number of aliphatic carboxylic acids is 1. The fourth-order valence-corrected chi connectivity index (χ4v) is 3.54. The lowest BCUT2D eigenvalue weighted by Gasteiger charge is -2.16. The fraction of sp³-hybridized carbons (Fsp3) is 0.259. The maximum Gasteiger partial charge on any atom is 0.344 e. The van der Waals surface area contributed by atoms with Crippen LogP contribution in [0.15, 0.2) is 83.3 Å². The number of hydrogen-bond donors (Lipinski definition) is 2. The van der Waals surface area contributed by atoms with E-state index in [0.717, 1.165) is 35.4 Å². The molecule has 2 atom stereocenters. The van der Waals surface area contributed by atoms with Gasteiger partial charge in [-0.3, -0.25) is 0 Å². The van der Waals surface area contributed by atoms with Crippen LogP contribution in [-0.4, -0.2) is 35.3 Å². The molecule has 176 valence electrons. The van der Waals surface area contributed by atoms with Gasteiger partial charge in [0.25, 0.3) is 0 Å². The molecule has 0 saturated heterocycles. The summed E-state index contributed by atoms with van der Waals surface area (Å²) in [5.74, 6) is 0.893. The standard InChI is InChI=1S/C27H28N2O5/c1-19(27(30)31)32-22-11-7-8-20(18-22)14-16-28-17-15-25(33-21-9-3-2-4-10-21)26-29-23-12-5-6-13-24(23)34-26/h2-13,18-19,25,28H,14-17H2,1H3,(H,30,31). The number of nitrogens with zero attached hydrogens (tertiary/aromatic N) is 1. The zero-order valence-electron chi connectivity index (χ0n) is 19.0. The van der Waals surface area contributed by atoms with Crippen molar-refractivity contribution in [3.05, 3.63) is 90.3 Å². The van der Waals surface area contributed by atoms with Crippen molar-refractivity contribution in [3.8, 4) is 11.5 Å². The minimum atomic E-state index is -0.988. The van der Waals surface area contributed by atoms with Crippen LogP contribution in [-0.2, 0) is 11.2 Å².